The molecule has 0 spiro atoms. The van der Waals surface area contributed by atoms with E-state index in [0.717, 1.165) is 5.69 Å². The van der Waals surface area contributed by atoms with Crippen molar-refractivity contribution in [3.05, 3.63) is 48.1 Å². The Balaban J connectivity index is 1.35. The summed E-state index contributed by atoms with van der Waals surface area (Å²) in [5.74, 6) is 0.402. The van der Waals surface area contributed by atoms with Crippen molar-refractivity contribution < 1.29 is 17.7 Å². The highest BCUT2D eigenvalue weighted by atomic mass is 32.2. The second-order valence-corrected chi connectivity index (χ2v) is 9.86. The largest absolute Gasteiger partial charge is 0.360 e. The van der Waals surface area contributed by atoms with Crippen molar-refractivity contribution in [2.45, 2.75) is 23.9 Å². The van der Waals surface area contributed by atoms with Crippen LogP contribution in [-0.2, 0) is 14.8 Å². The Morgan fingerprint density at radius 1 is 1.13 bits per heavy atom. The summed E-state index contributed by atoms with van der Waals surface area (Å²) < 4.78 is 34.0. The Hall–Kier alpha value is -2.70. The Bertz CT molecular complexity index is 1150. The van der Waals surface area contributed by atoms with Gasteiger partial charge in [-0.2, -0.15) is 4.31 Å². The number of aryl methyl sites for hydroxylation is 2. The molecule has 0 saturated carbocycles. The third-order valence-electron chi connectivity index (χ3n) is 5.03. The van der Waals surface area contributed by atoms with Crippen LogP contribution in [0.4, 0.5) is 0 Å². The number of carbonyl (C=O) groups is 1. The van der Waals surface area contributed by atoms with E-state index in [2.05, 4.69) is 15.4 Å². The lowest BCUT2D eigenvalue weighted by atomic mass is 10.3. The van der Waals surface area contributed by atoms with Crippen LogP contribution in [0.2, 0.25) is 0 Å². The van der Waals surface area contributed by atoms with Gasteiger partial charge in [0.2, 0.25) is 15.9 Å². The number of benzene rings is 1. The van der Waals surface area contributed by atoms with E-state index < -0.39 is 10.0 Å². The van der Waals surface area contributed by atoms with Crippen LogP contribution in [0.5, 0.6) is 0 Å². The van der Waals surface area contributed by atoms with Crippen molar-refractivity contribution in [2.75, 3.05) is 31.9 Å². The van der Waals surface area contributed by atoms with E-state index in [1.807, 2.05) is 34.9 Å². The summed E-state index contributed by atoms with van der Waals surface area (Å²) in [7, 11) is -3.70. The molecule has 4 rings (SSSR count). The molecule has 1 amide bonds. The molecule has 1 aliphatic rings. The maximum Gasteiger partial charge on any atom is 0.248 e. The standard InChI is InChI=1S/C19H22N6O4S2/c1-14-18(15(2)29-22-14)31(27,28)24-10-8-23(9-11-24)17(26)12-30-19-21-20-13-25(19)16-6-4-3-5-7-16/h3-7,13H,8-12H2,1-2H3. The van der Waals surface area contributed by atoms with Gasteiger partial charge in [-0.05, 0) is 26.0 Å². The van der Waals surface area contributed by atoms with Crippen LogP contribution in [-0.4, -0.2) is 75.4 Å². The number of hydrogen-bond donors (Lipinski definition) is 0. The quantitative estimate of drug-likeness (QED) is 0.506. The first kappa shape index (κ1) is 21.5. The predicted molar refractivity (Wildman–Crippen MR) is 113 cm³/mol. The highest BCUT2D eigenvalue weighted by molar-refractivity contribution is 7.99. The summed E-state index contributed by atoms with van der Waals surface area (Å²) >= 11 is 1.30. The first-order valence-corrected chi connectivity index (χ1v) is 12.1. The van der Waals surface area contributed by atoms with Gasteiger partial charge in [0.25, 0.3) is 0 Å². The highest BCUT2D eigenvalue weighted by Gasteiger charge is 2.34. The number of hydrogen-bond acceptors (Lipinski definition) is 8. The highest BCUT2D eigenvalue weighted by Crippen LogP contribution is 2.25. The molecule has 1 aliphatic heterocycles. The summed E-state index contributed by atoms with van der Waals surface area (Å²) in [6.07, 6.45) is 1.61. The van der Waals surface area contributed by atoms with Crippen LogP contribution in [0.3, 0.4) is 0 Å². The van der Waals surface area contributed by atoms with Crippen LogP contribution in [0.25, 0.3) is 5.69 Å². The van der Waals surface area contributed by atoms with Crippen LogP contribution in [0.15, 0.2) is 51.2 Å². The lowest BCUT2D eigenvalue weighted by Gasteiger charge is -2.33. The zero-order chi connectivity index (χ0) is 22.0. The molecule has 3 heterocycles. The zero-order valence-electron chi connectivity index (χ0n) is 17.1. The van der Waals surface area contributed by atoms with Crippen molar-refractivity contribution in [1.82, 2.24) is 29.1 Å². The second kappa shape index (κ2) is 8.81. The Kier molecular flexibility index (Phi) is 6.12. The maximum absolute atomic E-state index is 12.9. The molecule has 2 aromatic heterocycles. The number of sulfonamides is 1. The molecule has 0 N–H and O–H groups in total. The maximum atomic E-state index is 12.9. The van der Waals surface area contributed by atoms with Crippen LogP contribution < -0.4 is 0 Å². The zero-order valence-corrected chi connectivity index (χ0v) is 18.8. The fourth-order valence-electron chi connectivity index (χ4n) is 3.46. The van der Waals surface area contributed by atoms with E-state index in [-0.39, 0.29) is 35.4 Å². The number of amides is 1. The summed E-state index contributed by atoms with van der Waals surface area (Å²) in [6.45, 7) is 4.29. The fraction of sp³-hybridized carbons (Fsp3) is 0.368. The second-order valence-electron chi connectivity index (χ2n) is 7.05. The van der Waals surface area contributed by atoms with E-state index in [0.29, 0.717) is 23.9 Å². The van der Waals surface area contributed by atoms with Crippen LogP contribution in [0.1, 0.15) is 11.5 Å². The van der Waals surface area contributed by atoms with Gasteiger partial charge in [-0.15, -0.1) is 10.2 Å². The van der Waals surface area contributed by atoms with Crippen molar-refractivity contribution in [3.8, 4) is 5.69 Å². The monoisotopic (exact) mass is 462 g/mol. The molecule has 0 atom stereocenters. The molecule has 0 unspecified atom stereocenters. The first-order valence-electron chi connectivity index (χ1n) is 9.67. The van der Waals surface area contributed by atoms with E-state index in [4.69, 9.17) is 4.52 Å². The number of piperazine rings is 1. The van der Waals surface area contributed by atoms with E-state index in [9.17, 15) is 13.2 Å². The molecule has 0 radical (unpaired) electrons. The minimum Gasteiger partial charge on any atom is -0.360 e. The molecule has 3 aromatic rings. The number of nitrogens with zero attached hydrogens (tertiary/aromatic N) is 6. The van der Waals surface area contributed by atoms with Crippen molar-refractivity contribution in [1.29, 1.82) is 0 Å². The predicted octanol–water partition coefficient (Wildman–Crippen LogP) is 1.50. The topological polar surface area (TPSA) is 114 Å². The third-order valence-corrected chi connectivity index (χ3v) is 8.10. The molecule has 0 bridgehead atoms. The minimum atomic E-state index is -3.70. The molecular weight excluding hydrogens is 440 g/mol. The van der Waals surface area contributed by atoms with Gasteiger partial charge in [-0.25, -0.2) is 8.42 Å². The molecule has 164 valence electrons. The van der Waals surface area contributed by atoms with Gasteiger partial charge >= 0.3 is 0 Å². The SMILES string of the molecule is Cc1noc(C)c1S(=O)(=O)N1CCN(C(=O)CSc2nncn2-c2ccccc2)CC1. The molecular formula is C19H22N6O4S2. The van der Waals surface area contributed by atoms with Gasteiger partial charge in [-0.1, -0.05) is 35.1 Å². The van der Waals surface area contributed by atoms with Gasteiger partial charge in [0, 0.05) is 31.9 Å². The average Bonchev–Trinajstić information content (AvgIpc) is 3.39. The van der Waals surface area contributed by atoms with Gasteiger partial charge in [0.15, 0.2) is 10.9 Å². The van der Waals surface area contributed by atoms with Gasteiger partial charge < -0.3 is 9.42 Å². The van der Waals surface area contributed by atoms with Crippen molar-refractivity contribution in [3.63, 3.8) is 0 Å². The van der Waals surface area contributed by atoms with Gasteiger partial charge in [-0.3, -0.25) is 9.36 Å². The summed E-state index contributed by atoms with van der Waals surface area (Å²) in [6, 6.07) is 9.65. The number of carbonyl (C=O) groups excluding carboxylic acids is 1. The lowest BCUT2D eigenvalue weighted by Crippen LogP contribution is -2.51. The van der Waals surface area contributed by atoms with Crippen LogP contribution in [0, 0.1) is 13.8 Å². The Labute approximate surface area is 184 Å². The molecule has 1 aromatic carbocycles. The summed E-state index contributed by atoms with van der Waals surface area (Å²) in [4.78, 5) is 14.5. The van der Waals surface area contributed by atoms with Gasteiger partial charge in [0.1, 0.15) is 16.9 Å². The molecule has 31 heavy (non-hydrogen) atoms. The molecule has 1 fully saturated rings. The fourth-order valence-corrected chi connectivity index (χ4v) is 6.00. The number of para-hydroxylation sites is 1. The van der Waals surface area contributed by atoms with Crippen LogP contribution >= 0.6 is 11.8 Å². The molecule has 12 heteroatoms. The van der Waals surface area contributed by atoms with E-state index in [1.54, 1.807) is 25.1 Å². The lowest BCUT2D eigenvalue weighted by molar-refractivity contribution is -0.129. The van der Waals surface area contributed by atoms with Gasteiger partial charge in [0.05, 0.1) is 5.75 Å². The molecule has 1 saturated heterocycles. The normalized spacial score (nSPS) is 15.4. The summed E-state index contributed by atoms with van der Waals surface area (Å²) in [5.41, 5.74) is 1.26. The molecule has 10 nitrogen and oxygen atoms in total. The number of thioether (sulfide) groups is 1. The van der Waals surface area contributed by atoms with Crippen molar-refractivity contribution in [2.24, 2.45) is 0 Å². The first-order chi connectivity index (χ1) is 14.9. The van der Waals surface area contributed by atoms with E-state index in [1.165, 1.54) is 16.1 Å². The minimum absolute atomic E-state index is 0.0676. The number of rotatable bonds is 6. The Morgan fingerprint density at radius 3 is 2.48 bits per heavy atom. The Morgan fingerprint density at radius 2 is 1.84 bits per heavy atom. The molecule has 0 aliphatic carbocycles. The summed E-state index contributed by atoms with van der Waals surface area (Å²) in [5, 5.41) is 12.4. The number of aromatic nitrogens is 4. The van der Waals surface area contributed by atoms with E-state index >= 15 is 0 Å². The smallest absolute Gasteiger partial charge is 0.248 e. The average molecular weight is 463 g/mol. The van der Waals surface area contributed by atoms with Crippen molar-refractivity contribution >= 4 is 27.7 Å². The third kappa shape index (κ3) is 4.36.